The van der Waals surface area contributed by atoms with Crippen molar-refractivity contribution < 1.29 is 4.42 Å². The summed E-state index contributed by atoms with van der Waals surface area (Å²) in [6.07, 6.45) is 0. The number of hydrogen-bond acceptors (Lipinski definition) is 3. The van der Waals surface area contributed by atoms with Crippen LogP contribution in [0.1, 0.15) is 25.0 Å². The van der Waals surface area contributed by atoms with Crippen molar-refractivity contribution in [3.05, 3.63) is 193 Å². The molecule has 0 amide bonds. The van der Waals surface area contributed by atoms with Crippen molar-refractivity contribution in [2.75, 3.05) is 4.90 Å². The fourth-order valence-corrected chi connectivity index (χ4v) is 9.02. The van der Waals surface area contributed by atoms with E-state index in [2.05, 4.69) is 183 Å². The van der Waals surface area contributed by atoms with Crippen molar-refractivity contribution in [3.63, 3.8) is 0 Å². The van der Waals surface area contributed by atoms with Crippen LogP contribution in [-0.2, 0) is 5.41 Å². The molecule has 0 unspecified atom stereocenters. The second-order valence-electron chi connectivity index (χ2n) is 15.1. The Morgan fingerprint density at radius 1 is 0.473 bits per heavy atom. The average Bonchev–Trinajstić information content (AvgIpc) is 3.78. The van der Waals surface area contributed by atoms with E-state index in [-0.39, 0.29) is 5.41 Å². The van der Waals surface area contributed by atoms with Gasteiger partial charge in [0.1, 0.15) is 5.52 Å². The molecule has 0 spiro atoms. The van der Waals surface area contributed by atoms with Gasteiger partial charge in [0.2, 0.25) is 5.89 Å². The quantitative estimate of drug-likeness (QED) is 0.167. The summed E-state index contributed by atoms with van der Waals surface area (Å²) in [7, 11) is 0. The van der Waals surface area contributed by atoms with Gasteiger partial charge in [0.25, 0.3) is 0 Å². The van der Waals surface area contributed by atoms with Gasteiger partial charge in [-0.3, -0.25) is 0 Å². The van der Waals surface area contributed by atoms with Crippen LogP contribution in [0.25, 0.3) is 77.1 Å². The van der Waals surface area contributed by atoms with Crippen LogP contribution in [0.5, 0.6) is 0 Å². The highest BCUT2D eigenvalue weighted by molar-refractivity contribution is 6.29. The normalized spacial score (nSPS) is 13.1. The predicted molar refractivity (Wildman–Crippen MR) is 230 cm³/mol. The first-order valence-corrected chi connectivity index (χ1v) is 19.0. The van der Waals surface area contributed by atoms with E-state index in [1.165, 1.54) is 38.8 Å². The topological polar surface area (TPSA) is 29.3 Å². The summed E-state index contributed by atoms with van der Waals surface area (Å²) < 4.78 is 6.75. The minimum atomic E-state index is -0.150. The lowest BCUT2D eigenvalue weighted by Gasteiger charge is -2.31. The molecular weight excluding hydrogens is 669 g/mol. The molecule has 0 bridgehead atoms. The largest absolute Gasteiger partial charge is 0.435 e. The maximum atomic E-state index is 6.75. The van der Waals surface area contributed by atoms with E-state index >= 15 is 0 Å². The van der Waals surface area contributed by atoms with Gasteiger partial charge in [-0.05, 0) is 86.4 Å². The Kier molecular flexibility index (Phi) is 6.90. The first-order chi connectivity index (χ1) is 27.0. The Bertz CT molecular complexity index is 3120. The number of aromatic nitrogens is 1. The highest BCUT2D eigenvalue weighted by Crippen LogP contribution is 2.53. The number of anilines is 3. The Morgan fingerprint density at radius 3 is 1.98 bits per heavy atom. The second-order valence-corrected chi connectivity index (χ2v) is 15.1. The molecule has 260 valence electrons. The molecule has 9 aromatic carbocycles. The molecular formula is C52H36N2O. The summed E-state index contributed by atoms with van der Waals surface area (Å²) in [5, 5.41) is 6.83. The summed E-state index contributed by atoms with van der Waals surface area (Å²) in [6.45, 7) is 4.71. The molecule has 0 aliphatic heterocycles. The number of fused-ring (bicyclic) bond motifs is 10. The third kappa shape index (κ3) is 4.79. The monoisotopic (exact) mass is 704 g/mol. The lowest BCUT2D eigenvalue weighted by atomic mass is 9.82. The molecule has 1 aromatic heterocycles. The standard InChI is InChI=1S/C52H36N2O/c1-52(2)43-23-13-11-22-40(43)41-29-27-37(32-44(41)52)54(46-24-14-12-20-38(46)33-15-5-3-6-16-33)47-31-36-19-9-10-21-39(36)49-42(47)28-25-34-26-30-45-50(48(34)49)55-51(53-45)35-17-7-4-8-18-35/h3-32H,1-2H3. The van der Waals surface area contributed by atoms with Crippen LogP contribution in [0.4, 0.5) is 17.1 Å². The van der Waals surface area contributed by atoms with E-state index in [1.807, 2.05) is 18.2 Å². The number of rotatable bonds is 5. The van der Waals surface area contributed by atoms with E-state index < -0.39 is 0 Å². The van der Waals surface area contributed by atoms with E-state index in [0.29, 0.717) is 5.89 Å². The zero-order chi connectivity index (χ0) is 36.7. The highest BCUT2D eigenvalue weighted by Gasteiger charge is 2.36. The highest BCUT2D eigenvalue weighted by atomic mass is 16.3. The number of benzene rings is 9. The summed E-state index contributed by atoms with van der Waals surface area (Å²) in [5.41, 5.74) is 13.5. The van der Waals surface area contributed by atoms with Crippen molar-refractivity contribution in [1.29, 1.82) is 0 Å². The zero-order valence-corrected chi connectivity index (χ0v) is 30.6. The Labute approximate surface area is 319 Å². The second kappa shape index (κ2) is 12.0. The third-order valence-corrected chi connectivity index (χ3v) is 11.7. The van der Waals surface area contributed by atoms with Crippen LogP contribution in [-0.4, -0.2) is 4.98 Å². The molecule has 0 saturated carbocycles. The van der Waals surface area contributed by atoms with Gasteiger partial charge in [0.15, 0.2) is 5.58 Å². The lowest BCUT2D eigenvalue weighted by Crippen LogP contribution is -2.17. The van der Waals surface area contributed by atoms with Crippen LogP contribution in [0.3, 0.4) is 0 Å². The van der Waals surface area contributed by atoms with Crippen molar-refractivity contribution in [1.82, 2.24) is 4.98 Å². The molecule has 0 fully saturated rings. The van der Waals surface area contributed by atoms with Gasteiger partial charge in [0, 0.05) is 38.4 Å². The van der Waals surface area contributed by atoms with Gasteiger partial charge in [-0.15, -0.1) is 0 Å². The van der Waals surface area contributed by atoms with Gasteiger partial charge >= 0.3 is 0 Å². The molecule has 1 aliphatic carbocycles. The molecule has 1 aliphatic rings. The molecule has 0 atom stereocenters. The summed E-state index contributed by atoms with van der Waals surface area (Å²) in [6, 6.07) is 65.6. The van der Waals surface area contributed by atoms with Crippen LogP contribution >= 0.6 is 0 Å². The third-order valence-electron chi connectivity index (χ3n) is 11.7. The minimum absolute atomic E-state index is 0.150. The SMILES string of the molecule is CC1(C)c2ccccc2-c2ccc(N(c3ccccc3-c3ccccc3)c3cc4ccccc4c4c3ccc3ccc5nc(-c6ccccc6)oc5c34)cc21. The first kappa shape index (κ1) is 31.5. The molecule has 0 radical (unpaired) electrons. The van der Waals surface area contributed by atoms with Crippen molar-refractivity contribution in [2.24, 2.45) is 0 Å². The van der Waals surface area contributed by atoms with Crippen LogP contribution in [0.15, 0.2) is 186 Å². The van der Waals surface area contributed by atoms with Gasteiger partial charge in [-0.1, -0.05) is 153 Å². The Balaban J connectivity index is 1.25. The molecule has 11 rings (SSSR count). The Hall–Kier alpha value is -6.97. The van der Waals surface area contributed by atoms with E-state index in [9.17, 15) is 0 Å². The number of nitrogens with zero attached hydrogens (tertiary/aromatic N) is 2. The maximum absolute atomic E-state index is 6.75. The molecule has 10 aromatic rings. The van der Waals surface area contributed by atoms with E-state index in [1.54, 1.807) is 0 Å². The summed E-state index contributed by atoms with van der Waals surface area (Å²) in [5.74, 6) is 0.626. The van der Waals surface area contributed by atoms with Gasteiger partial charge in [-0.25, -0.2) is 4.98 Å². The Morgan fingerprint density at radius 2 is 1.15 bits per heavy atom. The van der Waals surface area contributed by atoms with Gasteiger partial charge in [0.05, 0.1) is 11.4 Å². The van der Waals surface area contributed by atoms with Crippen LogP contribution < -0.4 is 4.90 Å². The smallest absolute Gasteiger partial charge is 0.227 e. The summed E-state index contributed by atoms with van der Waals surface area (Å²) in [4.78, 5) is 7.49. The zero-order valence-electron chi connectivity index (χ0n) is 30.6. The van der Waals surface area contributed by atoms with Crippen LogP contribution in [0, 0.1) is 0 Å². The lowest BCUT2D eigenvalue weighted by molar-refractivity contribution is 0.623. The molecule has 3 nitrogen and oxygen atoms in total. The molecule has 55 heavy (non-hydrogen) atoms. The van der Waals surface area contributed by atoms with Gasteiger partial charge in [-0.2, -0.15) is 0 Å². The summed E-state index contributed by atoms with van der Waals surface area (Å²) >= 11 is 0. The molecule has 1 heterocycles. The minimum Gasteiger partial charge on any atom is -0.435 e. The van der Waals surface area contributed by atoms with Crippen molar-refractivity contribution in [2.45, 2.75) is 19.3 Å². The molecule has 3 heteroatoms. The molecule has 0 N–H and O–H groups in total. The molecule has 0 saturated heterocycles. The predicted octanol–water partition coefficient (Wildman–Crippen LogP) is 14.4. The van der Waals surface area contributed by atoms with E-state index in [4.69, 9.17) is 9.40 Å². The van der Waals surface area contributed by atoms with E-state index in [0.717, 1.165) is 60.7 Å². The van der Waals surface area contributed by atoms with Crippen molar-refractivity contribution in [3.8, 4) is 33.7 Å². The van der Waals surface area contributed by atoms with Crippen LogP contribution in [0.2, 0.25) is 0 Å². The maximum Gasteiger partial charge on any atom is 0.227 e. The number of para-hydroxylation sites is 1. The first-order valence-electron chi connectivity index (χ1n) is 19.0. The van der Waals surface area contributed by atoms with Crippen molar-refractivity contribution >= 4 is 60.5 Å². The number of oxazole rings is 1. The van der Waals surface area contributed by atoms with Gasteiger partial charge < -0.3 is 9.32 Å². The average molecular weight is 705 g/mol. The fourth-order valence-electron chi connectivity index (χ4n) is 9.02. The fraction of sp³-hybridized carbons (Fsp3) is 0.0577. The number of hydrogen-bond donors (Lipinski definition) is 0.